The number of urea groups is 1. The van der Waals surface area contributed by atoms with Gasteiger partial charge >= 0.3 is 12.0 Å². The minimum absolute atomic E-state index is 0.340. The van der Waals surface area contributed by atoms with Crippen LogP contribution in [-0.4, -0.2) is 18.6 Å². The summed E-state index contributed by atoms with van der Waals surface area (Å²) in [5.41, 5.74) is 1.77. The van der Waals surface area contributed by atoms with Crippen LogP contribution < -0.4 is 10.6 Å². The predicted octanol–water partition coefficient (Wildman–Crippen LogP) is 3.90. The molecule has 0 saturated heterocycles. The third kappa shape index (κ3) is 4.63. The molecule has 5 heteroatoms. The molecule has 2 aromatic carbocycles. The molecule has 2 rings (SSSR count). The molecule has 0 spiro atoms. The smallest absolute Gasteiger partial charge is 0.338 e. The number of esters is 1. The second-order valence-corrected chi connectivity index (χ2v) is 4.66. The molecule has 0 aliphatic rings. The summed E-state index contributed by atoms with van der Waals surface area (Å²) in [6.45, 7) is 2.34. The summed E-state index contributed by atoms with van der Waals surface area (Å²) >= 11 is 0. The van der Waals surface area contributed by atoms with E-state index in [0.717, 1.165) is 6.42 Å². The third-order valence-corrected chi connectivity index (χ3v) is 2.85. The average molecular weight is 298 g/mol. The van der Waals surface area contributed by atoms with E-state index in [0.29, 0.717) is 23.5 Å². The average Bonchev–Trinajstić information content (AvgIpc) is 2.54. The van der Waals surface area contributed by atoms with Gasteiger partial charge in [0.25, 0.3) is 0 Å². The highest BCUT2D eigenvalue weighted by molar-refractivity contribution is 6.00. The van der Waals surface area contributed by atoms with Crippen LogP contribution in [-0.2, 0) is 4.74 Å². The van der Waals surface area contributed by atoms with E-state index in [1.54, 1.807) is 36.4 Å². The van der Waals surface area contributed by atoms with Crippen LogP contribution in [0.5, 0.6) is 0 Å². The molecule has 114 valence electrons. The lowest BCUT2D eigenvalue weighted by molar-refractivity contribution is 0.0505. The molecule has 0 fully saturated rings. The lowest BCUT2D eigenvalue weighted by Crippen LogP contribution is -2.19. The van der Waals surface area contributed by atoms with Crippen LogP contribution in [0.2, 0.25) is 0 Å². The zero-order chi connectivity index (χ0) is 15.8. The number of nitrogens with one attached hydrogen (secondary N) is 2. The summed E-state index contributed by atoms with van der Waals surface area (Å²) < 4.78 is 5.04. The molecule has 0 bridgehead atoms. The second-order valence-electron chi connectivity index (χ2n) is 4.66. The van der Waals surface area contributed by atoms with Crippen molar-refractivity contribution >= 4 is 23.4 Å². The Morgan fingerprint density at radius 2 is 1.50 bits per heavy atom. The van der Waals surface area contributed by atoms with Gasteiger partial charge in [0.2, 0.25) is 0 Å². The Labute approximate surface area is 129 Å². The Hall–Kier alpha value is -2.82. The molecule has 0 aliphatic carbocycles. The van der Waals surface area contributed by atoms with Gasteiger partial charge in [-0.05, 0) is 42.8 Å². The molecular weight excluding hydrogens is 280 g/mol. The van der Waals surface area contributed by atoms with Crippen LogP contribution in [0.25, 0.3) is 0 Å². The molecule has 22 heavy (non-hydrogen) atoms. The van der Waals surface area contributed by atoms with Crippen molar-refractivity contribution in [2.75, 3.05) is 17.2 Å². The van der Waals surface area contributed by atoms with E-state index in [4.69, 9.17) is 4.74 Å². The highest BCUT2D eigenvalue weighted by Crippen LogP contribution is 2.12. The number of ether oxygens (including phenoxy) is 1. The van der Waals surface area contributed by atoms with Crippen LogP contribution in [0.1, 0.15) is 23.7 Å². The summed E-state index contributed by atoms with van der Waals surface area (Å²) in [6, 6.07) is 15.4. The van der Waals surface area contributed by atoms with Crippen molar-refractivity contribution in [2.24, 2.45) is 0 Å². The first-order valence-corrected chi connectivity index (χ1v) is 7.09. The highest BCUT2D eigenvalue weighted by Gasteiger charge is 2.07. The van der Waals surface area contributed by atoms with Gasteiger partial charge in [-0.25, -0.2) is 9.59 Å². The zero-order valence-electron chi connectivity index (χ0n) is 12.3. The maximum absolute atomic E-state index is 11.8. The minimum Gasteiger partial charge on any atom is -0.462 e. The molecular formula is C17H18N2O3. The molecule has 0 aliphatic heterocycles. The van der Waals surface area contributed by atoms with Crippen molar-refractivity contribution < 1.29 is 14.3 Å². The molecule has 2 amide bonds. The van der Waals surface area contributed by atoms with Crippen LogP contribution >= 0.6 is 0 Å². The third-order valence-electron chi connectivity index (χ3n) is 2.85. The van der Waals surface area contributed by atoms with E-state index in [2.05, 4.69) is 10.6 Å². The Kier molecular flexibility index (Phi) is 5.54. The quantitative estimate of drug-likeness (QED) is 0.823. The number of benzene rings is 2. The number of anilines is 2. The normalized spacial score (nSPS) is 9.86. The molecule has 0 unspecified atom stereocenters. The van der Waals surface area contributed by atoms with Gasteiger partial charge in [0.15, 0.2) is 0 Å². The van der Waals surface area contributed by atoms with E-state index >= 15 is 0 Å². The zero-order valence-corrected chi connectivity index (χ0v) is 12.3. The number of carbonyl (C=O) groups is 2. The van der Waals surface area contributed by atoms with E-state index in [9.17, 15) is 9.59 Å². The standard InChI is InChI=1S/C17H18N2O3/c1-2-12-22-16(20)13-8-10-15(11-9-13)19-17(21)18-14-6-4-3-5-7-14/h3-11H,2,12H2,1H3,(H2,18,19,21). The van der Waals surface area contributed by atoms with Crippen molar-refractivity contribution in [3.63, 3.8) is 0 Å². The maximum atomic E-state index is 11.8. The van der Waals surface area contributed by atoms with Crippen LogP contribution in [0, 0.1) is 0 Å². The summed E-state index contributed by atoms with van der Waals surface area (Å²) in [7, 11) is 0. The summed E-state index contributed by atoms with van der Waals surface area (Å²) in [4.78, 5) is 23.5. The molecule has 2 N–H and O–H groups in total. The molecule has 0 atom stereocenters. The summed E-state index contributed by atoms with van der Waals surface area (Å²) in [5.74, 6) is -0.359. The van der Waals surface area contributed by atoms with Gasteiger partial charge < -0.3 is 15.4 Å². The van der Waals surface area contributed by atoms with Crippen molar-refractivity contribution in [2.45, 2.75) is 13.3 Å². The molecule has 0 heterocycles. The number of rotatable bonds is 5. The molecule has 0 radical (unpaired) electrons. The van der Waals surface area contributed by atoms with Crippen LogP contribution in [0.15, 0.2) is 54.6 Å². The number of amides is 2. The van der Waals surface area contributed by atoms with Crippen LogP contribution in [0.3, 0.4) is 0 Å². The second kappa shape index (κ2) is 7.83. The fourth-order valence-electron chi connectivity index (χ4n) is 1.78. The number of hydrogen-bond donors (Lipinski definition) is 2. The molecule has 0 saturated carbocycles. The number of carbonyl (C=O) groups excluding carboxylic acids is 2. The van der Waals surface area contributed by atoms with Gasteiger partial charge in [-0.3, -0.25) is 0 Å². The molecule has 5 nitrogen and oxygen atoms in total. The number of hydrogen-bond acceptors (Lipinski definition) is 3. The minimum atomic E-state index is -0.359. The summed E-state index contributed by atoms with van der Waals surface area (Å²) in [5, 5.41) is 5.41. The summed E-state index contributed by atoms with van der Waals surface area (Å²) in [6.07, 6.45) is 0.783. The van der Waals surface area contributed by atoms with Crippen molar-refractivity contribution in [1.82, 2.24) is 0 Å². The first kappa shape index (κ1) is 15.6. The van der Waals surface area contributed by atoms with Crippen LogP contribution in [0.4, 0.5) is 16.2 Å². The Balaban J connectivity index is 1.90. The van der Waals surface area contributed by atoms with Gasteiger partial charge in [-0.2, -0.15) is 0 Å². The fourth-order valence-corrected chi connectivity index (χ4v) is 1.78. The SMILES string of the molecule is CCCOC(=O)c1ccc(NC(=O)Nc2ccccc2)cc1. The first-order valence-electron chi connectivity index (χ1n) is 7.09. The Morgan fingerprint density at radius 3 is 2.09 bits per heavy atom. The highest BCUT2D eigenvalue weighted by atomic mass is 16.5. The lowest BCUT2D eigenvalue weighted by atomic mass is 10.2. The maximum Gasteiger partial charge on any atom is 0.338 e. The monoisotopic (exact) mass is 298 g/mol. The fraction of sp³-hybridized carbons (Fsp3) is 0.176. The van der Waals surface area contributed by atoms with Crippen molar-refractivity contribution in [3.8, 4) is 0 Å². The largest absolute Gasteiger partial charge is 0.462 e. The molecule has 0 aromatic heterocycles. The van der Waals surface area contributed by atoms with Gasteiger partial charge in [0.05, 0.1) is 12.2 Å². The first-order chi connectivity index (χ1) is 10.7. The van der Waals surface area contributed by atoms with E-state index in [1.165, 1.54) is 0 Å². The van der Waals surface area contributed by atoms with Gasteiger partial charge in [0.1, 0.15) is 0 Å². The van der Waals surface area contributed by atoms with Gasteiger partial charge in [0, 0.05) is 11.4 Å². The van der Waals surface area contributed by atoms with Crippen molar-refractivity contribution in [3.05, 3.63) is 60.2 Å². The topological polar surface area (TPSA) is 67.4 Å². The lowest BCUT2D eigenvalue weighted by Gasteiger charge is -2.08. The van der Waals surface area contributed by atoms with E-state index in [-0.39, 0.29) is 12.0 Å². The predicted molar refractivity (Wildman–Crippen MR) is 86.1 cm³/mol. The van der Waals surface area contributed by atoms with E-state index in [1.807, 2.05) is 25.1 Å². The molecule has 2 aromatic rings. The Morgan fingerprint density at radius 1 is 0.909 bits per heavy atom. The van der Waals surface area contributed by atoms with Crippen molar-refractivity contribution in [1.29, 1.82) is 0 Å². The number of para-hydroxylation sites is 1. The van der Waals surface area contributed by atoms with E-state index < -0.39 is 0 Å². The Bertz CT molecular complexity index is 624. The van der Waals surface area contributed by atoms with Gasteiger partial charge in [-0.1, -0.05) is 25.1 Å². The van der Waals surface area contributed by atoms with Gasteiger partial charge in [-0.15, -0.1) is 0 Å².